The van der Waals surface area contributed by atoms with Crippen molar-refractivity contribution in [2.45, 2.75) is 69.7 Å². The van der Waals surface area contributed by atoms with Crippen LogP contribution in [-0.2, 0) is 30.5 Å². The summed E-state index contributed by atoms with van der Waals surface area (Å²) in [6, 6.07) is 3.63. The summed E-state index contributed by atoms with van der Waals surface area (Å²) >= 11 is 0. The van der Waals surface area contributed by atoms with Crippen molar-refractivity contribution in [2.24, 2.45) is 0 Å². The molecule has 3 N–H and O–H groups in total. The maximum atomic E-state index is 14.9. The van der Waals surface area contributed by atoms with E-state index in [0.717, 1.165) is 25.1 Å². The molecule has 3 unspecified atom stereocenters. The molecule has 2 fully saturated rings. The Morgan fingerprint density at radius 2 is 2.00 bits per heavy atom. The second-order valence-corrected chi connectivity index (χ2v) is 12.1. The average Bonchev–Trinajstić information content (AvgIpc) is 3.75. The van der Waals surface area contributed by atoms with Crippen molar-refractivity contribution in [2.75, 3.05) is 44.4 Å². The van der Waals surface area contributed by atoms with Crippen molar-refractivity contribution in [1.29, 1.82) is 0 Å². The van der Waals surface area contributed by atoms with Gasteiger partial charge in [0.2, 0.25) is 5.91 Å². The number of nitrogens with one attached hydrogen (secondary N) is 1. The molecule has 4 aliphatic rings. The molecule has 17 heteroatoms. The molecule has 48 heavy (non-hydrogen) atoms. The van der Waals surface area contributed by atoms with E-state index in [4.69, 9.17) is 15.2 Å². The van der Waals surface area contributed by atoms with Crippen molar-refractivity contribution in [3.05, 3.63) is 57.8 Å². The summed E-state index contributed by atoms with van der Waals surface area (Å²) < 4.78 is 80.9. The van der Waals surface area contributed by atoms with Gasteiger partial charge in [-0.2, -0.15) is 28.2 Å². The standard InChI is InChI=1S/C24H23F4N7O4.C7H12FN/c1-30-22(37)16-7-11-9-34(6-5-18(36)35(11)33-16)21-12-10-39-17(8-15(12)31-23(32-21)38-2)19-13(24(26,27)28)3-4-14(29)20(19)25;8-6-4-7-2-1-3-9(7)5-6/h3-4,7,17H,5-6,8-10,29H2,1-2H3,(H,30,37);6-7H,1-5H2. The minimum Gasteiger partial charge on any atom is -0.467 e. The smallest absolute Gasteiger partial charge is 0.416 e. The van der Waals surface area contributed by atoms with Gasteiger partial charge in [0.05, 0.1) is 49.0 Å². The number of benzene rings is 1. The highest BCUT2D eigenvalue weighted by atomic mass is 19.4. The van der Waals surface area contributed by atoms with Crippen molar-refractivity contribution >= 4 is 23.3 Å². The van der Waals surface area contributed by atoms with Crippen molar-refractivity contribution in [3.8, 4) is 6.01 Å². The third-order valence-electron chi connectivity index (χ3n) is 9.06. The molecule has 0 radical (unpaired) electrons. The Morgan fingerprint density at radius 3 is 2.71 bits per heavy atom. The van der Waals surface area contributed by atoms with Gasteiger partial charge in [-0.25, -0.2) is 13.5 Å². The van der Waals surface area contributed by atoms with Crippen LogP contribution in [0.25, 0.3) is 0 Å². The second-order valence-electron chi connectivity index (χ2n) is 12.1. The zero-order chi connectivity index (χ0) is 34.3. The molecule has 6 heterocycles. The lowest BCUT2D eigenvalue weighted by atomic mass is 9.94. The number of carbonyl (C=O) groups excluding carboxylic acids is 2. The number of ether oxygens (including phenoxy) is 2. The number of fused-ring (bicyclic) bond motifs is 3. The number of halogens is 5. The fraction of sp³-hybridized carbons (Fsp3) is 0.516. The van der Waals surface area contributed by atoms with E-state index in [-0.39, 0.29) is 50.1 Å². The molecule has 7 rings (SSSR count). The van der Waals surface area contributed by atoms with Crippen LogP contribution in [0.2, 0.25) is 0 Å². The van der Waals surface area contributed by atoms with E-state index in [2.05, 4.69) is 25.3 Å². The average molecular weight is 679 g/mol. The molecule has 1 aromatic carbocycles. The van der Waals surface area contributed by atoms with Crippen LogP contribution in [-0.4, -0.2) is 82.5 Å². The van der Waals surface area contributed by atoms with Gasteiger partial charge in [0.25, 0.3) is 5.91 Å². The molecule has 0 spiro atoms. The first-order chi connectivity index (χ1) is 22.9. The van der Waals surface area contributed by atoms with Crippen LogP contribution in [0.4, 0.5) is 33.5 Å². The molecule has 0 bridgehead atoms. The fourth-order valence-electron chi connectivity index (χ4n) is 6.75. The quantitative estimate of drug-likeness (QED) is 0.309. The van der Waals surface area contributed by atoms with Crippen molar-refractivity contribution in [1.82, 2.24) is 30.0 Å². The predicted molar refractivity (Wildman–Crippen MR) is 162 cm³/mol. The minimum atomic E-state index is -4.84. The molecule has 4 aliphatic heterocycles. The van der Waals surface area contributed by atoms with Crippen LogP contribution in [0.15, 0.2) is 18.2 Å². The van der Waals surface area contributed by atoms with E-state index in [1.165, 1.54) is 37.7 Å². The van der Waals surface area contributed by atoms with E-state index in [1.54, 1.807) is 4.90 Å². The van der Waals surface area contributed by atoms with Gasteiger partial charge in [-0.1, -0.05) is 0 Å². The fourth-order valence-corrected chi connectivity index (χ4v) is 6.75. The van der Waals surface area contributed by atoms with E-state index < -0.39 is 47.0 Å². The third-order valence-corrected chi connectivity index (χ3v) is 9.06. The van der Waals surface area contributed by atoms with Gasteiger partial charge >= 0.3 is 12.2 Å². The Bertz CT molecular complexity index is 1700. The van der Waals surface area contributed by atoms with Crippen molar-refractivity contribution < 1.29 is 41.0 Å². The highest BCUT2D eigenvalue weighted by molar-refractivity contribution is 5.93. The first-order valence-corrected chi connectivity index (χ1v) is 15.6. The number of hydrogen-bond donors (Lipinski definition) is 2. The Labute approximate surface area is 272 Å². The molecule has 12 nitrogen and oxygen atoms in total. The normalized spacial score (nSPS) is 22.3. The van der Waals surface area contributed by atoms with Crippen LogP contribution in [0.5, 0.6) is 6.01 Å². The number of nitrogen functional groups attached to an aromatic ring is 1. The molecule has 2 saturated heterocycles. The van der Waals surface area contributed by atoms with Crippen LogP contribution in [0.3, 0.4) is 0 Å². The number of amides is 1. The topological polar surface area (TPSA) is 141 Å². The molecule has 2 aromatic heterocycles. The zero-order valence-corrected chi connectivity index (χ0v) is 26.3. The van der Waals surface area contributed by atoms with Gasteiger partial charge in [-0.15, -0.1) is 0 Å². The Morgan fingerprint density at radius 1 is 1.21 bits per heavy atom. The summed E-state index contributed by atoms with van der Waals surface area (Å²) in [6.45, 7) is 1.97. The Kier molecular flexibility index (Phi) is 9.26. The van der Waals surface area contributed by atoms with Gasteiger partial charge in [0.15, 0.2) is 11.5 Å². The van der Waals surface area contributed by atoms with Crippen LogP contribution >= 0.6 is 0 Å². The maximum Gasteiger partial charge on any atom is 0.416 e. The van der Waals surface area contributed by atoms with Gasteiger partial charge in [0, 0.05) is 50.1 Å². The number of nitrogens with zero attached hydrogens (tertiary/aromatic N) is 6. The van der Waals surface area contributed by atoms with E-state index in [0.29, 0.717) is 35.4 Å². The largest absolute Gasteiger partial charge is 0.467 e. The number of carbonyl (C=O) groups is 2. The van der Waals surface area contributed by atoms with Gasteiger partial charge in [-0.05, 0) is 44.0 Å². The lowest BCUT2D eigenvalue weighted by Crippen LogP contribution is -2.29. The molecule has 0 aliphatic carbocycles. The summed E-state index contributed by atoms with van der Waals surface area (Å²) in [4.78, 5) is 37.6. The third kappa shape index (κ3) is 6.52. The number of alkyl halides is 4. The van der Waals surface area contributed by atoms with Crippen LogP contribution in [0, 0.1) is 5.82 Å². The van der Waals surface area contributed by atoms with Gasteiger partial charge in [0.1, 0.15) is 12.0 Å². The molecule has 3 aromatic rings. The zero-order valence-electron chi connectivity index (χ0n) is 26.3. The molecule has 258 valence electrons. The van der Waals surface area contributed by atoms with E-state index >= 15 is 0 Å². The monoisotopic (exact) mass is 678 g/mol. The van der Waals surface area contributed by atoms with E-state index in [1.807, 2.05) is 0 Å². The molecule has 1 amide bonds. The highest BCUT2D eigenvalue weighted by Crippen LogP contribution is 2.43. The summed E-state index contributed by atoms with van der Waals surface area (Å²) in [7, 11) is 2.78. The number of nitrogens with two attached hydrogens (primary N) is 1. The number of anilines is 2. The Hall–Kier alpha value is -4.38. The first-order valence-electron chi connectivity index (χ1n) is 15.6. The number of hydrogen-bond acceptors (Lipinski definition) is 10. The molecular formula is C31H35F5N8O4. The summed E-state index contributed by atoms with van der Waals surface area (Å²) in [5, 5.41) is 6.57. The summed E-state index contributed by atoms with van der Waals surface area (Å²) in [5.41, 5.74) is 4.54. The minimum absolute atomic E-state index is 0.0376. The number of methoxy groups -OCH3 is 1. The van der Waals surface area contributed by atoms with Crippen molar-refractivity contribution in [3.63, 3.8) is 0 Å². The predicted octanol–water partition coefficient (Wildman–Crippen LogP) is 3.84. The van der Waals surface area contributed by atoms with Gasteiger partial charge < -0.3 is 25.4 Å². The summed E-state index contributed by atoms with van der Waals surface area (Å²) in [5.74, 6) is -1.65. The first kappa shape index (κ1) is 33.5. The Balaban J connectivity index is 0.000000381. The lowest BCUT2D eigenvalue weighted by Gasteiger charge is -2.31. The highest BCUT2D eigenvalue weighted by Gasteiger charge is 2.40. The van der Waals surface area contributed by atoms with Crippen LogP contribution in [0.1, 0.15) is 75.1 Å². The van der Waals surface area contributed by atoms with E-state index in [9.17, 15) is 31.5 Å². The maximum absolute atomic E-state index is 14.9. The lowest BCUT2D eigenvalue weighted by molar-refractivity contribution is -0.140. The number of aromatic nitrogens is 4. The SMILES string of the molecule is CNC(=O)c1cc2n(n1)C(=O)CCN(c1nc(OC)nc3c1COC(c1c(C(F)(F)F)ccc(N)c1F)C3)C2.FC1CC2CCCN2C1. The molecular weight excluding hydrogens is 643 g/mol. The van der Waals surface area contributed by atoms with Gasteiger partial charge in [-0.3, -0.25) is 14.5 Å². The second kappa shape index (κ2) is 13.3. The summed E-state index contributed by atoms with van der Waals surface area (Å²) in [6.07, 6.45) is -3.52. The molecule has 0 saturated carbocycles. The molecule has 3 atom stereocenters. The van der Waals surface area contributed by atoms with Crippen LogP contribution < -0.4 is 20.7 Å². The number of rotatable bonds is 4.